The summed E-state index contributed by atoms with van der Waals surface area (Å²) in [6.45, 7) is 5.37. The van der Waals surface area contributed by atoms with E-state index >= 15 is 0 Å². The van der Waals surface area contributed by atoms with Crippen LogP contribution in [0.2, 0.25) is 0 Å². The van der Waals surface area contributed by atoms with E-state index in [1.54, 1.807) is 6.26 Å². The van der Waals surface area contributed by atoms with Gasteiger partial charge in [0.05, 0.1) is 12.7 Å². The average Bonchev–Trinajstić information content (AvgIpc) is 2.32. The smallest absolute Gasteiger partial charge is 0.303 e. The largest absolute Gasteiger partial charge is 0.497 e. The summed E-state index contributed by atoms with van der Waals surface area (Å²) in [5.74, 6) is -0.390. The van der Waals surface area contributed by atoms with Gasteiger partial charge in [0.15, 0.2) is 0 Å². The molecule has 3 N–H and O–H groups in total. The predicted octanol–water partition coefficient (Wildman–Crippen LogP) is 1.92. The molecule has 0 amide bonds. The van der Waals surface area contributed by atoms with Crippen molar-refractivity contribution in [3.63, 3.8) is 0 Å². The Morgan fingerprint density at radius 3 is 2.94 bits per heavy atom. The number of rotatable bonds is 3. The molecular formula is C14H21NO3. The van der Waals surface area contributed by atoms with Gasteiger partial charge in [0.2, 0.25) is 0 Å². The molecule has 4 nitrogen and oxygen atoms in total. The number of carboxylic acids is 1. The Balaban J connectivity index is 2.41. The lowest BCUT2D eigenvalue weighted by molar-refractivity contribution is -0.139. The molecule has 0 aromatic heterocycles. The van der Waals surface area contributed by atoms with Crippen LogP contribution in [0.5, 0.6) is 0 Å². The average molecular weight is 251 g/mol. The summed E-state index contributed by atoms with van der Waals surface area (Å²) < 4.78 is 5.36. The maximum atomic E-state index is 11.1. The van der Waals surface area contributed by atoms with Crippen molar-refractivity contribution in [2.75, 3.05) is 13.2 Å². The molecule has 1 aliphatic carbocycles. The van der Waals surface area contributed by atoms with E-state index in [0.717, 1.165) is 12.0 Å². The Morgan fingerprint density at radius 1 is 1.61 bits per heavy atom. The lowest BCUT2D eigenvalue weighted by atomic mass is 9.61. The number of hydrogen-bond donors (Lipinski definition) is 2. The summed E-state index contributed by atoms with van der Waals surface area (Å²) in [5, 5.41) is 9.11. The van der Waals surface area contributed by atoms with Gasteiger partial charge in [0, 0.05) is 0 Å². The highest BCUT2D eigenvalue weighted by Gasteiger charge is 2.42. The Bertz CT molecular complexity index is 409. The summed E-state index contributed by atoms with van der Waals surface area (Å²) in [5.41, 5.74) is 8.14. The molecule has 0 aromatic carbocycles. The third-order valence-corrected chi connectivity index (χ3v) is 4.19. The molecule has 0 radical (unpaired) electrons. The van der Waals surface area contributed by atoms with Gasteiger partial charge in [-0.25, -0.2) is 0 Å². The van der Waals surface area contributed by atoms with Crippen molar-refractivity contribution in [2.24, 2.45) is 23.0 Å². The maximum Gasteiger partial charge on any atom is 0.303 e. The molecule has 4 heteroatoms. The third-order valence-electron chi connectivity index (χ3n) is 4.19. The molecule has 1 heterocycles. The first-order chi connectivity index (χ1) is 8.45. The van der Waals surface area contributed by atoms with Crippen molar-refractivity contribution in [3.8, 4) is 0 Å². The summed E-state index contributed by atoms with van der Waals surface area (Å²) in [6.07, 6.45) is 4.75. The Hall–Kier alpha value is -1.29. The standard InChI is InChI=1S/C14H21NO3/c1-14(2)6-9(7-15)10-3-4-18-8-11(10)12(14)5-13(16)17/h3-4,9,12H,5-8,15H2,1-2H3,(H,16,17). The van der Waals surface area contributed by atoms with E-state index in [1.165, 1.54) is 5.57 Å². The lowest BCUT2D eigenvalue weighted by Gasteiger charge is -2.44. The minimum absolute atomic E-state index is 0.0396. The zero-order chi connectivity index (χ0) is 13.3. The molecule has 1 aliphatic heterocycles. The van der Waals surface area contributed by atoms with E-state index in [0.29, 0.717) is 19.1 Å². The fraction of sp³-hybridized carbons (Fsp3) is 0.643. The fourth-order valence-corrected chi connectivity index (χ4v) is 3.29. The summed E-state index contributed by atoms with van der Waals surface area (Å²) >= 11 is 0. The van der Waals surface area contributed by atoms with E-state index in [-0.39, 0.29) is 17.8 Å². The minimum atomic E-state index is -0.749. The molecule has 100 valence electrons. The number of allylic oxidation sites excluding steroid dienone is 1. The molecule has 0 saturated carbocycles. The molecular weight excluding hydrogens is 230 g/mol. The van der Waals surface area contributed by atoms with Gasteiger partial charge in [-0.2, -0.15) is 0 Å². The molecule has 0 bridgehead atoms. The van der Waals surface area contributed by atoms with Gasteiger partial charge in [0.25, 0.3) is 0 Å². The zero-order valence-corrected chi connectivity index (χ0v) is 11.0. The van der Waals surface area contributed by atoms with Crippen molar-refractivity contribution in [2.45, 2.75) is 26.7 Å². The number of hydrogen-bond acceptors (Lipinski definition) is 3. The van der Waals surface area contributed by atoms with Gasteiger partial charge < -0.3 is 15.6 Å². The van der Waals surface area contributed by atoms with Crippen LogP contribution in [0, 0.1) is 17.3 Å². The van der Waals surface area contributed by atoms with Crippen molar-refractivity contribution >= 4 is 5.97 Å². The van der Waals surface area contributed by atoms with Crippen LogP contribution >= 0.6 is 0 Å². The molecule has 0 saturated heterocycles. The van der Waals surface area contributed by atoms with Crippen LogP contribution in [-0.4, -0.2) is 24.2 Å². The Labute approximate surface area is 108 Å². The van der Waals surface area contributed by atoms with E-state index < -0.39 is 5.97 Å². The second kappa shape index (κ2) is 4.76. The van der Waals surface area contributed by atoms with E-state index in [4.69, 9.17) is 15.6 Å². The Kier molecular flexibility index (Phi) is 3.48. The highest BCUT2D eigenvalue weighted by atomic mass is 16.5. The van der Waals surface area contributed by atoms with Crippen LogP contribution in [0.4, 0.5) is 0 Å². The number of carbonyl (C=O) groups is 1. The highest BCUT2D eigenvalue weighted by molar-refractivity contribution is 5.68. The van der Waals surface area contributed by atoms with Gasteiger partial charge in [-0.3, -0.25) is 4.79 Å². The van der Waals surface area contributed by atoms with Crippen LogP contribution in [0.25, 0.3) is 0 Å². The van der Waals surface area contributed by atoms with Crippen molar-refractivity contribution in [3.05, 3.63) is 23.5 Å². The van der Waals surface area contributed by atoms with Gasteiger partial charge in [0.1, 0.15) is 6.61 Å². The van der Waals surface area contributed by atoms with Crippen LogP contribution in [-0.2, 0) is 9.53 Å². The van der Waals surface area contributed by atoms with Gasteiger partial charge in [-0.15, -0.1) is 0 Å². The molecule has 2 aliphatic rings. The second-order valence-electron chi connectivity index (χ2n) is 5.87. The van der Waals surface area contributed by atoms with Crippen LogP contribution in [0.3, 0.4) is 0 Å². The zero-order valence-electron chi connectivity index (χ0n) is 11.0. The fourth-order valence-electron chi connectivity index (χ4n) is 3.29. The van der Waals surface area contributed by atoms with Gasteiger partial charge in [-0.05, 0) is 47.4 Å². The van der Waals surface area contributed by atoms with Crippen LogP contribution < -0.4 is 5.73 Å². The first-order valence-electron chi connectivity index (χ1n) is 6.38. The van der Waals surface area contributed by atoms with E-state index in [1.807, 2.05) is 6.08 Å². The third kappa shape index (κ3) is 2.29. The molecule has 18 heavy (non-hydrogen) atoms. The number of nitrogens with two attached hydrogens (primary N) is 1. The molecule has 2 atom stereocenters. The van der Waals surface area contributed by atoms with Crippen molar-refractivity contribution in [1.82, 2.24) is 0 Å². The summed E-state index contributed by atoms with van der Waals surface area (Å²) in [7, 11) is 0. The molecule has 0 aromatic rings. The first kappa shape index (κ1) is 13.1. The monoisotopic (exact) mass is 251 g/mol. The summed E-state index contributed by atoms with van der Waals surface area (Å²) in [4.78, 5) is 11.1. The molecule has 2 unspecified atom stereocenters. The Morgan fingerprint density at radius 2 is 2.33 bits per heavy atom. The van der Waals surface area contributed by atoms with Crippen LogP contribution in [0.15, 0.2) is 23.5 Å². The summed E-state index contributed by atoms with van der Waals surface area (Å²) in [6, 6.07) is 0. The molecule has 0 spiro atoms. The quantitative estimate of drug-likeness (QED) is 0.803. The van der Waals surface area contributed by atoms with Crippen molar-refractivity contribution in [1.29, 1.82) is 0 Å². The molecule has 0 fully saturated rings. The number of ether oxygens (including phenoxy) is 1. The van der Waals surface area contributed by atoms with Crippen molar-refractivity contribution < 1.29 is 14.6 Å². The van der Waals surface area contributed by atoms with E-state index in [9.17, 15) is 4.79 Å². The van der Waals surface area contributed by atoms with Gasteiger partial charge >= 0.3 is 5.97 Å². The topological polar surface area (TPSA) is 72.5 Å². The normalized spacial score (nSPS) is 29.7. The van der Waals surface area contributed by atoms with E-state index in [2.05, 4.69) is 13.8 Å². The first-order valence-corrected chi connectivity index (χ1v) is 6.38. The number of aliphatic carboxylic acids is 1. The second-order valence-corrected chi connectivity index (χ2v) is 5.87. The number of carboxylic acid groups (broad SMARTS) is 1. The maximum absolute atomic E-state index is 11.1. The lowest BCUT2D eigenvalue weighted by Crippen LogP contribution is -2.39. The highest BCUT2D eigenvalue weighted by Crippen LogP contribution is 2.48. The minimum Gasteiger partial charge on any atom is -0.497 e. The van der Waals surface area contributed by atoms with Gasteiger partial charge in [-0.1, -0.05) is 13.8 Å². The SMILES string of the molecule is CC1(C)CC(CN)C2=C(COC=C2)C1CC(=O)O. The molecule has 2 rings (SSSR count). The predicted molar refractivity (Wildman–Crippen MR) is 68.8 cm³/mol. The van der Waals surface area contributed by atoms with Crippen LogP contribution in [0.1, 0.15) is 26.7 Å².